The van der Waals surface area contributed by atoms with Crippen LogP contribution in [0, 0.1) is 0 Å². The van der Waals surface area contributed by atoms with Crippen molar-refractivity contribution in [1.29, 1.82) is 0 Å². The third-order valence-electron chi connectivity index (χ3n) is 3.40. The summed E-state index contributed by atoms with van der Waals surface area (Å²) in [5.41, 5.74) is 2.53. The van der Waals surface area contributed by atoms with Crippen molar-refractivity contribution in [2.45, 2.75) is 5.71 Å². The molecule has 5 heteroatoms. The molecule has 0 bridgehead atoms. The van der Waals surface area contributed by atoms with Gasteiger partial charge in [-0.05, 0) is 0 Å². The van der Waals surface area contributed by atoms with Crippen molar-refractivity contribution in [1.82, 2.24) is 4.98 Å². The van der Waals surface area contributed by atoms with E-state index in [-0.39, 0.29) is 11.3 Å². The molecular formula is C16H13AsBrNO2. The molecule has 1 atom stereocenters. The monoisotopic (exact) mass is 405 g/mol. The third kappa shape index (κ3) is 2.66. The van der Waals surface area contributed by atoms with E-state index in [4.69, 9.17) is 0 Å². The van der Waals surface area contributed by atoms with E-state index < -0.39 is 14.7 Å². The summed E-state index contributed by atoms with van der Waals surface area (Å²) < 4.78 is 2.55. The van der Waals surface area contributed by atoms with Crippen LogP contribution in [0.1, 0.15) is 0 Å². The molecule has 0 aliphatic carbocycles. The Kier molecular flexibility index (Phi) is 3.92. The molecule has 0 amide bonds. The molecule has 0 aliphatic rings. The van der Waals surface area contributed by atoms with E-state index >= 15 is 0 Å². The second-order valence-corrected chi connectivity index (χ2v) is 10.0. The summed E-state index contributed by atoms with van der Waals surface area (Å²) in [7, 11) is 0. The Labute approximate surface area is 135 Å². The fourth-order valence-electron chi connectivity index (χ4n) is 2.33. The first-order valence-corrected chi connectivity index (χ1v) is 11.0. The van der Waals surface area contributed by atoms with E-state index in [0.717, 1.165) is 8.82 Å². The first kappa shape index (κ1) is 14.4. The molecule has 0 saturated heterocycles. The van der Waals surface area contributed by atoms with Gasteiger partial charge >= 0.3 is 135 Å². The average Bonchev–Trinajstić information content (AvgIpc) is 2.49. The Morgan fingerprint density at radius 2 is 1.86 bits per heavy atom. The van der Waals surface area contributed by atoms with Gasteiger partial charge in [-0.1, -0.05) is 0 Å². The van der Waals surface area contributed by atoms with Crippen molar-refractivity contribution in [2.75, 3.05) is 0 Å². The van der Waals surface area contributed by atoms with Crippen LogP contribution in [0.15, 0.2) is 57.8 Å². The van der Waals surface area contributed by atoms with Crippen LogP contribution in [0.25, 0.3) is 10.9 Å². The molecule has 1 unspecified atom stereocenters. The van der Waals surface area contributed by atoms with Crippen LogP contribution in [0.4, 0.5) is 0 Å². The molecule has 1 heterocycles. The number of aromatic nitrogens is 1. The summed E-state index contributed by atoms with van der Waals surface area (Å²) in [5.74, 6) is 0.112. The van der Waals surface area contributed by atoms with E-state index in [0.29, 0.717) is 15.3 Å². The maximum absolute atomic E-state index is 12.4. The molecular weight excluding hydrogens is 393 g/mol. The minimum atomic E-state index is -1.81. The van der Waals surface area contributed by atoms with Crippen molar-refractivity contribution in [3.63, 3.8) is 0 Å². The molecule has 0 aliphatic heterocycles. The van der Waals surface area contributed by atoms with Gasteiger partial charge in [-0.25, -0.2) is 0 Å². The molecule has 0 saturated carbocycles. The summed E-state index contributed by atoms with van der Waals surface area (Å²) in [4.78, 5) is 15.2. The molecule has 2 N–H and O–H groups in total. The second-order valence-electron chi connectivity index (χ2n) is 4.74. The summed E-state index contributed by atoms with van der Waals surface area (Å²) in [6.45, 7) is 0. The number of benzene rings is 2. The summed E-state index contributed by atoms with van der Waals surface area (Å²) in [6, 6.07) is 15.4. The molecule has 21 heavy (non-hydrogen) atoms. The molecule has 3 nitrogen and oxygen atoms in total. The molecule has 2 aromatic carbocycles. The van der Waals surface area contributed by atoms with Crippen LogP contribution in [0.2, 0.25) is 5.71 Å². The van der Waals surface area contributed by atoms with Crippen LogP contribution in [-0.4, -0.2) is 24.7 Å². The van der Waals surface area contributed by atoms with E-state index in [1.54, 1.807) is 6.07 Å². The predicted molar refractivity (Wildman–Crippen MR) is 91.3 cm³/mol. The Morgan fingerprint density at radius 1 is 1.14 bits per heavy atom. The molecule has 1 aromatic heterocycles. The van der Waals surface area contributed by atoms with Crippen molar-refractivity contribution in [3.8, 4) is 5.75 Å². The van der Waals surface area contributed by atoms with Crippen molar-refractivity contribution >= 4 is 50.2 Å². The number of nitrogens with one attached hydrogen (secondary N) is 1. The van der Waals surface area contributed by atoms with E-state index in [2.05, 4.69) is 26.6 Å². The van der Waals surface area contributed by atoms with Gasteiger partial charge in [0.25, 0.3) is 0 Å². The first-order valence-electron chi connectivity index (χ1n) is 6.41. The van der Waals surface area contributed by atoms with Gasteiger partial charge in [0.15, 0.2) is 0 Å². The summed E-state index contributed by atoms with van der Waals surface area (Å²) in [6.07, 6.45) is 0. The number of fused-ring (bicyclic) bond motifs is 1. The number of pyridine rings is 1. The SMILES string of the molecule is C[As](c1ccccc1)c1c(O)c2cc(Br)ccc2[nH]c1=O. The minimum absolute atomic E-state index is 0.112. The van der Waals surface area contributed by atoms with E-state index in [1.165, 1.54) is 0 Å². The predicted octanol–water partition coefficient (Wildman–Crippen LogP) is 2.23. The van der Waals surface area contributed by atoms with Crippen LogP contribution in [0.5, 0.6) is 5.75 Å². The fraction of sp³-hybridized carbons (Fsp3) is 0.0625. The van der Waals surface area contributed by atoms with Gasteiger partial charge in [-0.2, -0.15) is 0 Å². The van der Waals surface area contributed by atoms with E-state index in [1.807, 2.05) is 42.5 Å². The quantitative estimate of drug-likeness (QED) is 0.642. The zero-order chi connectivity index (χ0) is 15.0. The number of hydrogen-bond donors (Lipinski definition) is 2. The van der Waals surface area contributed by atoms with Gasteiger partial charge in [0.1, 0.15) is 0 Å². The molecule has 106 valence electrons. The van der Waals surface area contributed by atoms with Gasteiger partial charge in [0, 0.05) is 0 Å². The Balaban J connectivity index is 2.25. The third-order valence-corrected chi connectivity index (χ3v) is 8.43. The molecule has 0 radical (unpaired) electrons. The van der Waals surface area contributed by atoms with Crippen LogP contribution in [-0.2, 0) is 0 Å². The summed E-state index contributed by atoms with van der Waals surface area (Å²) >= 11 is 1.59. The molecule has 0 fully saturated rings. The van der Waals surface area contributed by atoms with Crippen molar-refractivity contribution < 1.29 is 5.11 Å². The zero-order valence-electron chi connectivity index (χ0n) is 11.3. The maximum atomic E-state index is 12.4. The van der Waals surface area contributed by atoms with Crippen LogP contribution in [0.3, 0.4) is 0 Å². The Bertz CT molecular complexity index is 861. The van der Waals surface area contributed by atoms with Crippen molar-refractivity contribution in [3.05, 3.63) is 63.4 Å². The Morgan fingerprint density at radius 3 is 2.57 bits per heavy atom. The number of aromatic amines is 1. The van der Waals surface area contributed by atoms with Crippen LogP contribution < -0.4 is 14.3 Å². The topological polar surface area (TPSA) is 53.1 Å². The number of rotatable bonds is 2. The van der Waals surface area contributed by atoms with E-state index in [9.17, 15) is 9.90 Å². The van der Waals surface area contributed by atoms with Crippen LogP contribution >= 0.6 is 15.9 Å². The zero-order valence-corrected chi connectivity index (χ0v) is 14.8. The van der Waals surface area contributed by atoms with Gasteiger partial charge < -0.3 is 0 Å². The number of H-pyrrole nitrogens is 1. The standard InChI is InChI=1S/C16H13AsBrNO2/c1-17(10-5-3-2-4-6-10)14-15(20)12-9-11(18)7-8-13(12)19-16(14)21/h2-9H,1H3,(H2,19,20,21). The Hall–Kier alpha value is -1.51. The fourth-order valence-corrected chi connectivity index (χ4v) is 6.21. The average molecular weight is 406 g/mol. The molecule has 3 aromatic rings. The molecule has 0 spiro atoms. The van der Waals surface area contributed by atoms with Crippen molar-refractivity contribution in [2.24, 2.45) is 0 Å². The summed E-state index contributed by atoms with van der Waals surface area (Å²) in [5, 5.41) is 11.3. The number of halogens is 1. The van der Waals surface area contributed by atoms with Gasteiger partial charge in [-0.15, -0.1) is 0 Å². The second kappa shape index (κ2) is 5.70. The van der Waals surface area contributed by atoms with Gasteiger partial charge in [0.2, 0.25) is 0 Å². The molecule has 3 rings (SSSR count). The van der Waals surface area contributed by atoms with Gasteiger partial charge in [0.05, 0.1) is 0 Å². The van der Waals surface area contributed by atoms with Gasteiger partial charge in [-0.3, -0.25) is 0 Å². The normalized spacial score (nSPS) is 12.5. The number of aromatic hydroxyl groups is 1. The number of hydrogen-bond acceptors (Lipinski definition) is 2. The first-order chi connectivity index (χ1) is 10.1.